The van der Waals surface area contributed by atoms with E-state index in [4.69, 9.17) is 0 Å². The van der Waals surface area contributed by atoms with Crippen molar-refractivity contribution >= 4 is 11.8 Å². The maximum atomic E-state index is 2.59. The summed E-state index contributed by atoms with van der Waals surface area (Å²) >= 11 is 2.05. The van der Waals surface area contributed by atoms with Crippen LogP contribution in [-0.4, -0.2) is 36.0 Å². The molecule has 1 fully saturated rings. The van der Waals surface area contributed by atoms with E-state index in [1.807, 2.05) is 0 Å². The topological polar surface area (TPSA) is 3.24 Å². The third kappa shape index (κ3) is 3.48. The van der Waals surface area contributed by atoms with Gasteiger partial charge in [-0.05, 0) is 24.6 Å². The number of rotatable bonds is 4. The zero-order chi connectivity index (χ0) is 8.10. The second-order valence-corrected chi connectivity index (χ2v) is 4.79. The van der Waals surface area contributed by atoms with E-state index in [9.17, 15) is 0 Å². The van der Waals surface area contributed by atoms with Crippen molar-refractivity contribution < 1.29 is 0 Å². The maximum absolute atomic E-state index is 2.59. The maximum Gasteiger partial charge on any atom is 0.00725 e. The normalized spacial score (nSPS) is 26.2. The summed E-state index contributed by atoms with van der Waals surface area (Å²) in [5.74, 6) is 3.54. The highest BCUT2D eigenvalue weighted by Crippen LogP contribution is 2.15. The van der Waals surface area contributed by atoms with Crippen molar-refractivity contribution in [2.75, 3.05) is 31.1 Å². The molecule has 0 aliphatic carbocycles. The fourth-order valence-electron chi connectivity index (χ4n) is 1.57. The van der Waals surface area contributed by atoms with Gasteiger partial charge in [0.05, 0.1) is 0 Å². The average molecular weight is 173 g/mol. The molecule has 0 radical (unpaired) electrons. The lowest BCUT2D eigenvalue weighted by molar-refractivity contribution is 0.349. The average Bonchev–Trinajstić information content (AvgIpc) is 2.37. The first kappa shape index (κ1) is 9.40. The lowest BCUT2D eigenvalue weighted by Gasteiger charge is -2.13. The molecule has 0 N–H and O–H groups in total. The molecule has 0 bridgehead atoms. The Morgan fingerprint density at radius 3 is 2.91 bits per heavy atom. The number of thioether (sulfide) groups is 1. The monoisotopic (exact) mass is 173 g/mol. The molecular formula is C9H19NS. The SMILES string of the molecule is CCSCCN1CCC(C)C1. The van der Waals surface area contributed by atoms with E-state index in [-0.39, 0.29) is 0 Å². The van der Waals surface area contributed by atoms with Gasteiger partial charge in [-0.2, -0.15) is 11.8 Å². The van der Waals surface area contributed by atoms with Crippen molar-refractivity contribution in [3.8, 4) is 0 Å². The fourth-order valence-corrected chi connectivity index (χ4v) is 2.24. The summed E-state index contributed by atoms with van der Waals surface area (Å²) in [6, 6.07) is 0. The van der Waals surface area contributed by atoms with E-state index in [1.54, 1.807) is 0 Å². The van der Waals surface area contributed by atoms with Crippen LogP contribution >= 0.6 is 11.8 Å². The predicted octanol–water partition coefficient (Wildman–Crippen LogP) is 2.08. The molecule has 1 nitrogen and oxygen atoms in total. The van der Waals surface area contributed by atoms with Gasteiger partial charge in [-0.1, -0.05) is 13.8 Å². The van der Waals surface area contributed by atoms with Crippen LogP contribution in [0, 0.1) is 5.92 Å². The Morgan fingerprint density at radius 2 is 2.36 bits per heavy atom. The molecular weight excluding hydrogens is 154 g/mol. The van der Waals surface area contributed by atoms with Crippen LogP contribution in [0.5, 0.6) is 0 Å². The van der Waals surface area contributed by atoms with E-state index < -0.39 is 0 Å². The first-order chi connectivity index (χ1) is 5.33. The van der Waals surface area contributed by atoms with E-state index in [0.29, 0.717) is 0 Å². The largest absolute Gasteiger partial charge is 0.302 e. The Balaban J connectivity index is 1.99. The Labute approximate surface area is 74.5 Å². The molecule has 1 atom stereocenters. The molecule has 0 aromatic carbocycles. The van der Waals surface area contributed by atoms with Gasteiger partial charge >= 0.3 is 0 Å². The Bertz CT molecular complexity index is 106. The van der Waals surface area contributed by atoms with Gasteiger partial charge < -0.3 is 4.90 Å². The summed E-state index contributed by atoms with van der Waals surface area (Å²) in [4.78, 5) is 2.59. The third-order valence-corrected chi connectivity index (χ3v) is 3.14. The third-order valence-electron chi connectivity index (χ3n) is 2.26. The first-order valence-corrected chi connectivity index (χ1v) is 5.78. The molecule has 0 aromatic heterocycles. The van der Waals surface area contributed by atoms with Crippen molar-refractivity contribution in [3.05, 3.63) is 0 Å². The van der Waals surface area contributed by atoms with Gasteiger partial charge in [0.1, 0.15) is 0 Å². The van der Waals surface area contributed by atoms with Crippen molar-refractivity contribution in [3.63, 3.8) is 0 Å². The summed E-state index contributed by atoms with van der Waals surface area (Å²) in [7, 11) is 0. The molecule has 2 heteroatoms. The van der Waals surface area contributed by atoms with Gasteiger partial charge in [-0.15, -0.1) is 0 Å². The predicted molar refractivity (Wildman–Crippen MR) is 53.2 cm³/mol. The van der Waals surface area contributed by atoms with Crippen LogP contribution in [0.25, 0.3) is 0 Å². The Hall–Kier alpha value is 0.310. The van der Waals surface area contributed by atoms with E-state index in [1.165, 1.54) is 37.6 Å². The molecule has 0 saturated carbocycles. The minimum atomic E-state index is 0.946. The highest BCUT2D eigenvalue weighted by atomic mass is 32.2. The quantitative estimate of drug-likeness (QED) is 0.599. The molecule has 66 valence electrons. The zero-order valence-electron chi connectivity index (χ0n) is 7.68. The van der Waals surface area contributed by atoms with Crippen LogP contribution in [0.15, 0.2) is 0 Å². The van der Waals surface area contributed by atoms with Crippen LogP contribution in [-0.2, 0) is 0 Å². The van der Waals surface area contributed by atoms with Crippen LogP contribution < -0.4 is 0 Å². The standard InChI is InChI=1S/C9H19NS/c1-3-11-7-6-10-5-4-9(2)8-10/h9H,3-8H2,1-2H3. The van der Waals surface area contributed by atoms with Gasteiger partial charge in [0.15, 0.2) is 0 Å². The molecule has 0 amide bonds. The molecule has 1 unspecified atom stereocenters. The van der Waals surface area contributed by atoms with Crippen LogP contribution in [0.4, 0.5) is 0 Å². The lowest BCUT2D eigenvalue weighted by Crippen LogP contribution is -2.23. The lowest BCUT2D eigenvalue weighted by atomic mass is 10.2. The van der Waals surface area contributed by atoms with Crippen molar-refractivity contribution in [2.24, 2.45) is 5.92 Å². The van der Waals surface area contributed by atoms with Gasteiger partial charge in [-0.25, -0.2) is 0 Å². The number of nitrogens with zero attached hydrogens (tertiary/aromatic N) is 1. The van der Waals surface area contributed by atoms with Crippen LogP contribution in [0.3, 0.4) is 0 Å². The summed E-state index contributed by atoms with van der Waals surface area (Å²) in [5.41, 5.74) is 0. The molecule has 1 rings (SSSR count). The zero-order valence-corrected chi connectivity index (χ0v) is 8.49. The Kier molecular flexibility index (Phi) is 4.31. The second-order valence-electron chi connectivity index (χ2n) is 3.39. The van der Waals surface area contributed by atoms with Crippen molar-refractivity contribution in [1.82, 2.24) is 4.90 Å². The highest BCUT2D eigenvalue weighted by Gasteiger charge is 2.17. The minimum Gasteiger partial charge on any atom is -0.302 e. The molecule has 1 saturated heterocycles. The molecule has 0 spiro atoms. The van der Waals surface area contributed by atoms with Gasteiger partial charge in [-0.3, -0.25) is 0 Å². The van der Waals surface area contributed by atoms with Gasteiger partial charge in [0.25, 0.3) is 0 Å². The molecule has 1 heterocycles. The smallest absolute Gasteiger partial charge is 0.00725 e. The second kappa shape index (κ2) is 5.04. The van der Waals surface area contributed by atoms with Crippen molar-refractivity contribution in [2.45, 2.75) is 20.3 Å². The van der Waals surface area contributed by atoms with E-state index in [0.717, 1.165) is 5.92 Å². The molecule has 1 aliphatic heterocycles. The summed E-state index contributed by atoms with van der Waals surface area (Å²) < 4.78 is 0. The van der Waals surface area contributed by atoms with Crippen molar-refractivity contribution in [1.29, 1.82) is 0 Å². The van der Waals surface area contributed by atoms with Crippen LogP contribution in [0.1, 0.15) is 20.3 Å². The first-order valence-electron chi connectivity index (χ1n) is 4.63. The summed E-state index contributed by atoms with van der Waals surface area (Å²) in [6.45, 7) is 8.57. The van der Waals surface area contributed by atoms with Gasteiger partial charge in [0, 0.05) is 18.8 Å². The fraction of sp³-hybridized carbons (Fsp3) is 1.00. The number of hydrogen-bond donors (Lipinski definition) is 0. The van der Waals surface area contributed by atoms with Crippen LogP contribution in [0.2, 0.25) is 0 Å². The molecule has 1 aliphatic rings. The number of likely N-dealkylation sites (tertiary alicyclic amines) is 1. The highest BCUT2D eigenvalue weighted by molar-refractivity contribution is 7.99. The van der Waals surface area contributed by atoms with E-state index >= 15 is 0 Å². The Morgan fingerprint density at radius 1 is 1.55 bits per heavy atom. The van der Waals surface area contributed by atoms with Gasteiger partial charge in [0.2, 0.25) is 0 Å². The molecule has 0 aromatic rings. The number of hydrogen-bond acceptors (Lipinski definition) is 2. The molecule has 11 heavy (non-hydrogen) atoms. The summed E-state index contributed by atoms with van der Waals surface area (Å²) in [6.07, 6.45) is 1.41. The van der Waals surface area contributed by atoms with E-state index in [2.05, 4.69) is 30.5 Å². The minimum absolute atomic E-state index is 0.946. The summed E-state index contributed by atoms with van der Waals surface area (Å²) in [5, 5.41) is 0.